The number of fused-ring (bicyclic) bond motifs is 1. The van der Waals surface area contributed by atoms with Crippen LogP contribution in [0.15, 0.2) is 91.0 Å². The number of carbonyl (C=O) groups is 8. The fraction of sp³-hybridized carbons (Fsp3) is 0.423. The van der Waals surface area contributed by atoms with Crippen molar-refractivity contribution in [2.24, 2.45) is 23.1 Å². The van der Waals surface area contributed by atoms with Gasteiger partial charge in [-0.15, -0.1) is 0 Å². The number of carbonyl (C=O) groups excluding carboxylic acids is 8. The molecule has 0 heterocycles. The van der Waals surface area contributed by atoms with Gasteiger partial charge in [-0.05, 0) is 103 Å². The van der Waals surface area contributed by atoms with Crippen molar-refractivity contribution in [1.29, 1.82) is 0 Å². The minimum absolute atomic E-state index is 0.0266. The van der Waals surface area contributed by atoms with E-state index >= 15 is 0 Å². The highest BCUT2D eigenvalue weighted by Crippen LogP contribution is 2.20. The number of phenols is 1. The molecule has 1 unspecified atom stereocenters. The number of nitrogens with one attached hydrogen (secondary N) is 7. The third-order valence-electron chi connectivity index (χ3n) is 11.9. The quantitative estimate of drug-likeness (QED) is 0.0253. The number of halogens is 1. The van der Waals surface area contributed by atoms with Gasteiger partial charge in [-0.1, -0.05) is 102 Å². The van der Waals surface area contributed by atoms with Crippen molar-refractivity contribution in [3.8, 4) is 5.75 Å². The van der Waals surface area contributed by atoms with Crippen molar-refractivity contribution in [3.05, 3.63) is 114 Å². The standard InChI is InChI=1S/C52H69FN10O10S2/c1-29(2)44(52(73)61-42(28-75-74-4)51(72)63-45(30(3)64)46(56)67)62-48(69)39(11-7-8-22-54)59-50(71)41(26-31-13-18-36(53)19-14-31)60-49(70)40(25-32-15-20-37(65)21-16-32)58-43(66)27-57-47(68)38(55)24-33-12-17-34-9-5-6-10-35(34)23-33/h5-6,9-10,12-21,23,29-30,38-42,44-45,64-65H,7-8,11,22,24-28,54-55H2,1-4H3,(H2,56,67)(H,57,68)(H,58,66)(H,59,71)(H,60,70)(H,61,73)(H,62,69)(H,63,72)/t30?,38-,39+,40+,41-,42+,44+,45+/m1/s1. The SMILES string of the molecule is CSSC[C@H](NC(=O)[C@@H](NC(=O)[C@H](CCCCN)NC(=O)[C@@H](Cc1ccc(F)cc1)NC(=O)[C@H](Cc1ccc(O)cc1)NC(=O)CNC(=O)[C@H](N)Cc1ccc2ccccc2c1)C(C)C)C(=O)N[C@H](C(N)=O)C(C)O. The Labute approximate surface area is 443 Å². The Hall–Kier alpha value is -6.79. The van der Waals surface area contributed by atoms with Gasteiger partial charge in [0.25, 0.3) is 0 Å². The van der Waals surface area contributed by atoms with Crippen molar-refractivity contribution >= 4 is 79.6 Å². The van der Waals surface area contributed by atoms with E-state index in [1.54, 1.807) is 20.1 Å². The van der Waals surface area contributed by atoms with Crippen LogP contribution in [0.1, 0.15) is 56.7 Å². The first-order valence-corrected chi connectivity index (χ1v) is 27.1. The predicted molar refractivity (Wildman–Crippen MR) is 287 cm³/mol. The second-order valence-corrected chi connectivity index (χ2v) is 20.9. The van der Waals surface area contributed by atoms with E-state index in [-0.39, 0.29) is 43.7 Å². The molecule has 15 N–H and O–H groups in total. The summed E-state index contributed by atoms with van der Waals surface area (Å²) in [5.41, 5.74) is 19.1. The molecule has 0 aromatic heterocycles. The maximum absolute atomic E-state index is 14.5. The first kappa shape index (κ1) is 60.8. The topological polar surface area (TPSA) is 339 Å². The molecule has 75 heavy (non-hydrogen) atoms. The number of unbranched alkanes of at least 4 members (excludes halogenated alkanes) is 1. The van der Waals surface area contributed by atoms with Crippen LogP contribution in [-0.2, 0) is 57.6 Å². The van der Waals surface area contributed by atoms with Gasteiger partial charge in [-0.3, -0.25) is 38.4 Å². The Morgan fingerprint density at radius 1 is 0.613 bits per heavy atom. The molecule has 406 valence electrons. The summed E-state index contributed by atoms with van der Waals surface area (Å²) in [7, 11) is 2.53. The molecular weight excluding hydrogens is 1010 g/mol. The number of hydrogen-bond acceptors (Lipinski definition) is 14. The number of aliphatic hydroxyl groups is 1. The lowest BCUT2D eigenvalue weighted by atomic mass is 10.00. The average Bonchev–Trinajstić information content (AvgIpc) is 3.37. The highest BCUT2D eigenvalue weighted by atomic mass is 33.1. The monoisotopic (exact) mass is 1080 g/mol. The summed E-state index contributed by atoms with van der Waals surface area (Å²) < 4.78 is 14.1. The number of phenolic OH excluding ortho intramolecular Hbond substituents is 1. The number of primary amides is 1. The number of rotatable bonds is 30. The fourth-order valence-electron chi connectivity index (χ4n) is 7.76. The third kappa shape index (κ3) is 20.1. The van der Waals surface area contributed by atoms with E-state index in [0.717, 1.165) is 16.3 Å². The van der Waals surface area contributed by atoms with Crippen LogP contribution in [0.25, 0.3) is 10.8 Å². The zero-order valence-corrected chi connectivity index (χ0v) is 43.9. The van der Waals surface area contributed by atoms with Gasteiger partial charge < -0.3 is 64.6 Å². The summed E-state index contributed by atoms with van der Waals surface area (Å²) in [4.78, 5) is 109. The zero-order chi connectivity index (χ0) is 55.2. The lowest BCUT2D eigenvalue weighted by molar-refractivity contribution is -0.136. The Kier molecular flexibility index (Phi) is 24.7. The molecule has 4 aromatic carbocycles. The highest BCUT2D eigenvalue weighted by molar-refractivity contribution is 8.76. The third-order valence-corrected chi connectivity index (χ3v) is 13.8. The van der Waals surface area contributed by atoms with E-state index in [9.17, 15) is 53.0 Å². The molecule has 0 bridgehead atoms. The van der Waals surface area contributed by atoms with Gasteiger partial charge in [-0.25, -0.2) is 4.39 Å². The maximum Gasteiger partial charge on any atom is 0.244 e. The molecule has 0 aliphatic rings. The zero-order valence-electron chi connectivity index (χ0n) is 42.3. The molecule has 4 rings (SSSR count). The lowest BCUT2D eigenvalue weighted by Gasteiger charge is -2.29. The second-order valence-electron chi connectivity index (χ2n) is 18.3. The van der Waals surface area contributed by atoms with E-state index in [0.29, 0.717) is 24.0 Å². The Morgan fingerprint density at radius 2 is 1.15 bits per heavy atom. The molecule has 0 aliphatic heterocycles. The van der Waals surface area contributed by atoms with Crippen molar-refractivity contribution in [3.63, 3.8) is 0 Å². The minimum atomic E-state index is -1.46. The Morgan fingerprint density at radius 3 is 1.73 bits per heavy atom. The van der Waals surface area contributed by atoms with Crippen LogP contribution in [0.2, 0.25) is 0 Å². The highest BCUT2D eigenvalue weighted by Gasteiger charge is 2.35. The molecule has 4 aromatic rings. The largest absolute Gasteiger partial charge is 0.508 e. The maximum atomic E-state index is 14.5. The first-order chi connectivity index (χ1) is 35.7. The van der Waals surface area contributed by atoms with Crippen LogP contribution in [0.5, 0.6) is 5.75 Å². The van der Waals surface area contributed by atoms with Gasteiger partial charge in [0.05, 0.1) is 18.7 Å². The molecule has 0 saturated carbocycles. The van der Waals surface area contributed by atoms with Crippen molar-refractivity contribution < 1.29 is 53.0 Å². The summed E-state index contributed by atoms with van der Waals surface area (Å²) in [5, 5.41) is 40.2. The number of amides is 8. The summed E-state index contributed by atoms with van der Waals surface area (Å²) in [6.45, 7) is 4.24. The molecule has 8 atom stereocenters. The van der Waals surface area contributed by atoms with Gasteiger partial charge in [0, 0.05) is 18.6 Å². The van der Waals surface area contributed by atoms with E-state index in [4.69, 9.17) is 17.2 Å². The first-order valence-electron chi connectivity index (χ1n) is 24.4. The summed E-state index contributed by atoms with van der Waals surface area (Å²) >= 11 is 0. The molecule has 0 saturated heterocycles. The lowest BCUT2D eigenvalue weighted by Crippen LogP contribution is -2.61. The van der Waals surface area contributed by atoms with Gasteiger partial charge in [0.15, 0.2) is 0 Å². The molecule has 0 spiro atoms. The van der Waals surface area contributed by atoms with Crippen LogP contribution in [0, 0.1) is 11.7 Å². The van der Waals surface area contributed by atoms with E-state index < -0.39 is 114 Å². The molecular formula is C52H69FN10O10S2. The van der Waals surface area contributed by atoms with Crippen LogP contribution >= 0.6 is 21.6 Å². The van der Waals surface area contributed by atoms with Crippen LogP contribution in [0.3, 0.4) is 0 Å². The second kappa shape index (κ2) is 30.5. The van der Waals surface area contributed by atoms with Crippen LogP contribution < -0.4 is 54.4 Å². The molecule has 0 aliphatic carbocycles. The Bertz CT molecular complexity index is 2580. The number of benzene rings is 4. The normalized spacial score (nSPS) is 14.4. The van der Waals surface area contributed by atoms with Crippen LogP contribution in [0.4, 0.5) is 4.39 Å². The number of aliphatic hydroxyl groups excluding tert-OH is 1. The molecule has 20 nitrogen and oxygen atoms in total. The fourth-order valence-corrected chi connectivity index (χ4v) is 9.08. The molecule has 23 heteroatoms. The van der Waals surface area contributed by atoms with Crippen molar-refractivity contribution in [2.75, 3.05) is 25.1 Å². The number of hydrogen-bond donors (Lipinski definition) is 12. The average molecular weight is 1080 g/mol. The summed E-state index contributed by atoms with van der Waals surface area (Å²) in [5.74, 6) is -7.65. The van der Waals surface area contributed by atoms with Gasteiger partial charge in [0.1, 0.15) is 47.8 Å². The summed E-state index contributed by atoms with van der Waals surface area (Å²) in [6, 6.07) is 15.3. The van der Waals surface area contributed by atoms with Gasteiger partial charge in [0.2, 0.25) is 47.3 Å². The number of aromatic hydroxyl groups is 1. The minimum Gasteiger partial charge on any atom is -0.508 e. The van der Waals surface area contributed by atoms with E-state index in [2.05, 4.69) is 37.2 Å². The van der Waals surface area contributed by atoms with Crippen molar-refractivity contribution in [2.45, 2.75) is 108 Å². The smallest absolute Gasteiger partial charge is 0.244 e. The molecule has 0 radical (unpaired) electrons. The number of nitrogens with two attached hydrogens (primary N) is 3. The van der Waals surface area contributed by atoms with Gasteiger partial charge in [-0.2, -0.15) is 0 Å². The van der Waals surface area contributed by atoms with Crippen molar-refractivity contribution in [1.82, 2.24) is 37.2 Å². The Balaban J connectivity index is 1.55. The molecule has 0 fully saturated rings. The van der Waals surface area contributed by atoms with E-state index in [1.807, 2.05) is 42.5 Å². The van der Waals surface area contributed by atoms with Crippen LogP contribution in [-0.4, -0.2) is 131 Å². The van der Waals surface area contributed by atoms with E-state index in [1.165, 1.54) is 77.0 Å². The predicted octanol–water partition coefficient (Wildman–Crippen LogP) is 0.727. The molecule has 8 amide bonds. The summed E-state index contributed by atoms with van der Waals surface area (Å²) in [6.07, 6.45) is 1.03. The van der Waals surface area contributed by atoms with Gasteiger partial charge >= 0.3 is 0 Å².